The average Bonchev–Trinajstić information content (AvgIpc) is 2.74. The molecular weight excluding hydrogens is 216 g/mol. The monoisotopic (exact) mass is 230 g/mol. The lowest BCUT2D eigenvalue weighted by molar-refractivity contribution is 0.0337. The summed E-state index contributed by atoms with van der Waals surface area (Å²) in [6, 6.07) is 1.89. The fourth-order valence-electron chi connectivity index (χ4n) is 1.51. The van der Waals surface area contributed by atoms with Crippen molar-refractivity contribution < 1.29 is 19.4 Å². The smallest absolute Gasteiger partial charge is 0.114 e. The minimum absolute atomic E-state index is 0.219. The maximum atomic E-state index is 9.54. The van der Waals surface area contributed by atoms with Crippen molar-refractivity contribution in [1.82, 2.24) is 0 Å². The predicted octanol–water partition coefficient (Wildman–Crippen LogP) is 0.801. The Morgan fingerprint density at radius 3 is 2.87 bits per heavy atom. The molecule has 0 saturated carbocycles. The summed E-state index contributed by atoms with van der Waals surface area (Å²) in [4.78, 5) is 1.05. The van der Waals surface area contributed by atoms with Crippen LogP contribution in [0.5, 0.6) is 0 Å². The van der Waals surface area contributed by atoms with Gasteiger partial charge in [-0.15, -0.1) is 11.8 Å². The van der Waals surface area contributed by atoms with E-state index in [1.807, 2.05) is 13.0 Å². The third kappa shape index (κ3) is 2.36. The van der Waals surface area contributed by atoms with E-state index in [1.54, 1.807) is 18.0 Å². The third-order valence-corrected chi connectivity index (χ3v) is 3.70. The van der Waals surface area contributed by atoms with Crippen molar-refractivity contribution in [2.45, 2.75) is 30.1 Å². The number of rotatable bonds is 3. The molecule has 0 radical (unpaired) electrons. The Bertz CT molecular complexity index is 325. The van der Waals surface area contributed by atoms with Gasteiger partial charge in [0.15, 0.2) is 0 Å². The SMILES string of the molecule is Cc1occc1SCC1OCC(O)C1O. The summed E-state index contributed by atoms with van der Waals surface area (Å²) in [6.45, 7) is 2.11. The molecule has 0 aliphatic carbocycles. The van der Waals surface area contributed by atoms with Gasteiger partial charge in [-0.2, -0.15) is 0 Å². The molecular formula is C10H14O4S. The Balaban J connectivity index is 1.86. The molecule has 2 N–H and O–H groups in total. The van der Waals surface area contributed by atoms with Crippen LogP contribution in [0.15, 0.2) is 21.6 Å². The Morgan fingerprint density at radius 1 is 1.53 bits per heavy atom. The maximum absolute atomic E-state index is 9.54. The van der Waals surface area contributed by atoms with Gasteiger partial charge in [0, 0.05) is 10.6 Å². The summed E-state index contributed by atoms with van der Waals surface area (Å²) < 4.78 is 10.4. The zero-order valence-corrected chi connectivity index (χ0v) is 9.24. The Labute approximate surface area is 92.2 Å². The second kappa shape index (κ2) is 4.57. The topological polar surface area (TPSA) is 62.8 Å². The Hall–Kier alpha value is -0.490. The molecule has 1 aliphatic heterocycles. The van der Waals surface area contributed by atoms with Crippen LogP contribution in [0.1, 0.15) is 5.76 Å². The third-order valence-electron chi connectivity index (χ3n) is 2.47. The van der Waals surface area contributed by atoms with E-state index >= 15 is 0 Å². The molecule has 0 bridgehead atoms. The second-order valence-electron chi connectivity index (χ2n) is 3.58. The second-order valence-corrected chi connectivity index (χ2v) is 4.64. The highest BCUT2D eigenvalue weighted by molar-refractivity contribution is 7.99. The largest absolute Gasteiger partial charge is 0.468 e. The summed E-state index contributed by atoms with van der Waals surface area (Å²) in [5.41, 5.74) is 0. The number of hydrogen-bond donors (Lipinski definition) is 2. The highest BCUT2D eigenvalue weighted by atomic mass is 32.2. The van der Waals surface area contributed by atoms with E-state index in [4.69, 9.17) is 9.15 Å². The van der Waals surface area contributed by atoms with Crippen molar-refractivity contribution in [3.63, 3.8) is 0 Å². The molecule has 1 fully saturated rings. The molecule has 5 heteroatoms. The normalized spacial score (nSPS) is 31.0. The van der Waals surface area contributed by atoms with Gasteiger partial charge in [0.2, 0.25) is 0 Å². The number of thioether (sulfide) groups is 1. The van der Waals surface area contributed by atoms with Gasteiger partial charge in [-0.25, -0.2) is 0 Å². The van der Waals surface area contributed by atoms with Crippen molar-refractivity contribution in [2.24, 2.45) is 0 Å². The molecule has 1 saturated heterocycles. The summed E-state index contributed by atoms with van der Waals surface area (Å²) in [5, 5.41) is 18.8. The summed E-state index contributed by atoms with van der Waals surface area (Å²) >= 11 is 1.57. The fourth-order valence-corrected chi connectivity index (χ4v) is 2.55. The lowest BCUT2D eigenvalue weighted by atomic mass is 10.2. The molecule has 2 rings (SSSR count). The Kier molecular flexibility index (Phi) is 3.35. The lowest BCUT2D eigenvalue weighted by Gasteiger charge is -2.13. The predicted molar refractivity (Wildman–Crippen MR) is 55.9 cm³/mol. The molecule has 1 aromatic heterocycles. The summed E-state index contributed by atoms with van der Waals surface area (Å²) in [5.74, 6) is 1.49. The zero-order chi connectivity index (χ0) is 10.8. The van der Waals surface area contributed by atoms with Crippen LogP contribution in [0, 0.1) is 6.92 Å². The van der Waals surface area contributed by atoms with Crippen molar-refractivity contribution >= 4 is 11.8 Å². The van der Waals surface area contributed by atoms with Crippen LogP contribution in [0.4, 0.5) is 0 Å². The molecule has 2 heterocycles. The first-order valence-corrected chi connectivity index (χ1v) is 5.81. The van der Waals surface area contributed by atoms with Gasteiger partial charge in [-0.05, 0) is 13.0 Å². The molecule has 3 unspecified atom stereocenters. The quantitative estimate of drug-likeness (QED) is 0.752. The van der Waals surface area contributed by atoms with Crippen LogP contribution < -0.4 is 0 Å². The van der Waals surface area contributed by atoms with Crippen LogP contribution >= 0.6 is 11.8 Å². The van der Waals surface area contributed by atoms with E-state index in [0.717, 1.165) is 10.7 Å². The molecule has 3 atom stereocenters. The van der Waals surface area contributed by atoms with Crippen molar-refractivity contribution in [3.05, 3.63) is 18.1 Å². The summed E-state index contributed by atoms with van der Waals surface area (Å²) in [7, 11) is 0. The number of hydrogen-bond acceptors (Lipinski definition) is 5. The van der Waals surface area contributed by atoms with Crippen LogP contribution in [0.25, 0.3) is 0 Å². The molecule has 1 aromatic rings. The van der Waals surface area contributed by atoms with Crippen LogP contribution in [-0.2, 0) is 4.74 Å². The number of aliphatic hydroxyl groups excluding tert-OH is 2. The zero-order valence-electron chi connectivity index (χ0n) is 8.42. The minimum Gasteiger partial charge on any atom is -0.468 e. The van der Waals surface area contributed by atoms with E-state index in [9.17, 15) is 10.2 Å². The average molecular weight is 230 g/mol. The first-order valence-electron chi connectivity index (χ1n) is 4.83. The maximum Gasteiger partial charge on any atom is 0.114 e. The molecule has 0 aromatic carbocycles. The first kappa shape index (κ1) is 11.0. The van der Waals surface area contributed by atoms with E-state index in [0.29, 0.717) is 5.75 Å². The summed E-state index contributed by atoms with van der Waals surface area (Å²) in [6.07, 6.45) is -0.177. The van der Waals surface area contributed by atoms with E-state index in [2.05, 4.69) is 0 Å². The van der Waals surface area contributed by atoms with Gasteiger partial charge in [-0.1, -0.05) is 0 Å². The van der Waals surface area contributed by atoms with E-state index < -0.39 is 12.2 Å². The van der Waals surface area contributed by atoms with Gasteiger partial charge in [0.05, 0.1) is 19.0 Å². The molecule has 1 aliphatic rings. The van der Waals surface area contributed by atoms with Gasteiger partial charge in [0.25, 0.3) is 0 Å². The lowest BCUT2D eigenvalue weighted by Crippen LogP contribution is -2.31. The first-order chi connectivity index (χ1) is 7.18. The standard InChI is InChI=1S/C10H14O4S/c1-6-9(2-3-13-6)15-5-8-10(12)7(11)4-14-8/h2-3,7-8,10-12H,4-5H2,1H3. The molecule has 84 valence electrons. The van der Waals surface area contributed by atoms with Crippen molar-refractivity contribution in [1.29, 1.82) is 0 Å². The van der Waals surface area contributed by atoms with Crippen molar-refractivity contribution in [3.8, 4) is 0 Å². The van der Waals surface area contributed by atoms with Gasteiger partial charge >= 0.3 is 0 Å². The number of furan rings is 1. The number of aliphatic hydroxyl groups is 2. The van der Waals surface area contributed by atoms with Crippen LogP contribution in [0.3, 0.4) is 0 Å². The highest BCUT2D eigenvalue weighted by Gasteiger charge is 2.34. The van der Waals surface area contributed by atoms with E-state index in [1.165, 1.54) is 0 Å². The van der Waals surface area contributed by atoms with E-state index in [-0.39, 0.29) is 12.7 Å². The number of aryl methyl sites for hydroxylation is 1. The Morgan fingerprint density at radius 2 is 2.33 bits per heavy atom. The van der Waals surface area contributed by atoms with Crippen LogP contribution in [-0.4, -0.2) is 40.9 Å². The van der Waals surface area contributed by atoms with Gasteiger partial charge in [0.1, 0.15) is 18.0 Å². The van der Waals surface area contributed by atoms with Crippen molar-refractivity contribution in [2.75, 3.05) is 12.4 Å². The van der Waals surface area contributed by atoms with Gasteiger partial charge < -0.3 is 19.4 Å². The fraction of sp³-hybridized carbons (Fsp3) is 0.600. The number of ether oxygens (including phenoxy) is 1. The molecule has 15 heavy (non-hydrogen) atoms. The van der Waals surface area contributed by atoms with Crippen LogP contribution in [0.2, 0.25) is 0 Å². The molecule has 0 amide bonds. The molecule has 4 nitrogen and oxygen atoms in total. The minimum atomic E-state index is -0.773. The van der Waals surface area contributed by atoms with Gasteiger partial charge in [-0.3, -0.25) is 0 Å². The molecule has 0 spiro atoms. The highest BCUT2D eigenvalue weighted by Crippen LogP contribution is 2.27.